The summed E-state index contributed by atoms with van der Waals surface area (Å²) >= 11 is 0. The average Bonchev–Trinajstić information content (AvgIpc) is 2.54. The van der Waals surface area contributed by atoms with Crippen LogP contribution in [0.25, 0.3) is 0 Å². The van der Waals surface area contributed by atoms with Crippen molar-refractivity contribution in [3.8, 4) is 5.75 Å². The van der Waals surface area contributed by atoms with Crippen molar-refractivity contribution < 1.29 is 19.0 Å². The minimum Gasteiger partial charge on any atom is -0.484 e. The summed E-state index contributed by atoms with van der Waals surface area (Å²) in [5.74, 6) is 0.742. The molecule has 0 aromatic heterocycles. The first kappa shape index (κ1) is 20.3. The normalized spacial score (nSPS) is 11.8. The van der Waals surface area contributed by atoms with Crippen LogP contribution in [-0.2, 0) is 9.05 Å². The number of benzene rings is 1. The van der Waals surface area contributed by atoms with E-state index in [0.29, 0.717) is 19.6 Å². The zero-order chi connectivity index (χ0) is 16.1. The Hall–Kier alpha value is -0.710. The third kappa shape index (κ3) is 8.34. The van der Waals surface area contributed by atoms with Crippen molar-refractivity contribution in [2.24, 2.45) is 0 Å². The summed E-state index contributed by atoms with van der Waals surface area (Å²) in [5, 5.41) is 8.91. The van der Waals surface area contributed by atoms with Crippen LogP contribution in [0.4, 0.5) is 0 Å². The summed E-state index contributed by atoms with van der Waals surface area (Å²) in [6, 6.07) is 7.44. The van der Waals surface area contributed by atoms with Gasteiger partial charge in [-0.1, -0.05) is 26.0 Å². The van der Waals surface area contributed by atoms with Crippen LogP contribution >= 0.6 is 8.38 Å². The molecule has 1 atom stereocenters. The molecule has 1 rings (SSSR count). The molecule has 0 saturated carbocycles. The van der Waals surface area contributed by atoms with E-state index in [0.717, 1.165) is 11.3 Å². The molecule has 0 amide bonds. The van der Waals surface area contributed by atoms with E-state index in [1.807, 2.05) is 58.9 Å². The molecule has 0 spiro atoms. The molecule has 1 aromatic rings. The second kappa shape index (κ2) is 13.0. The van der Waals surface area contributed by atoms with E-state index in [4.69, 9.17) is 19.0 Å². The molecule has 21 heavy (non-hydrogen) atoms. The Morgan fingerprint density at radius 1 is 1.19 bits per heavy atom. The lowest BCUT2D eigenvalue weighted by Gasteiger charge is -2.17. The maximum absolute atomic E-state index is 8.91. The lowest BCUT2D eigenvalue weighted by atomic mass is 10.1. The van der Waals surface area contributed by atoms with Crippen LogP contribution in [0.2, 0.25) is 0 Å². The molecular formula is C15H28NO4P. The van der Waals surface area contributed by atoms with E-state index >= 15 is 0 Å². The molecule has 0 bridgehead atoms. The van der Waals surface area contributed by atoms with Gasteiger partial charge in [0.1, 0.15) is 5.75 Å². The van der Waals surface area contributed by atoms with Gasteiger partial charge in [-0.15, -0.1) is 0 Å². The molecule has 0 aliphatic rings. The Bertz CT molecular complexity index is 359. The maximum atomic E-state index is 8.91. The van der Waals surface area contributed by atoms with E-state index in [9.17, 15) is 0 Å². The minimum atomic E-state index is -1.00. The summed E-state index contributed by atoms with van der Waals surface area (Å²) in [6.45, 7) is 11.0. The van der Waals surface area contributed by atoms with Crippen LogP contribution in [0, 0.1) is 0 Å². The van der Waals surface area contributed by atoms with Crippen molar-refractivity contribution in [3.63, 3.8) is 0 Å². The maximum Gasteiger partial charge on any atom is 0.211 e. The first-order valence-electron chi connectivity index (χ1n) is 7.37. The van der Waals surface area contributed by atoms with Crippen LogP contribution in [0.1, 0.15) is 46.2 Å². The second-order valence-electron chi connectivity index (χ2n) is 3.86. The number of rotatable bonds is 9. The van der Waals surface area contributed by atoms with Crippen molar-refractivity contribution in [2.45, 2.75) is 40.7 Å². The average molecular weight is 317 g/mol. The standard InChI is InChI=1S/C13H22NO4P.C2H6/c1-4-17-19(18-5-2)10-16-13-8-6-7-12(9-13)11(3)14-15;1-2/h6-9,11,14-15H,4-5,10H2,1-3H3;1-2H3. The molecule has 0 fully saturated rings. The number of ether oxygens (including phenoxy) is 1. The third-order valence-electron chi connectivity index (χ3n) is 2.43. The van der Waals surface area contributed by atoms with Gasteiger partial charge in [-0.3, -0.25) is 0 Å². The van der Waals surface area contributed by atoms with Gasteiger partial charge in [0.15, 0.2) is 6.35 Å². The zero-order valence-electron chi connectivity index (χ0n) is 13.6. The molecular weight excluding hydrogens is 289 g/mol. The lowest BCUT2D eigenvalue weighted by molar-refractivity contribution is 0.133. The SMILES string of the molecule is CC.CCOP(COc1cccc(C(C)NO)c1)OCC. The molecule has 122 valence electrons. The van der Waals surface area contributed by atoms with E-state index in [1.54, 1.807) is 0 Å². The first-order valence-corrected chi connectivity index (χ1v) is 8.73. The van der Waals surface area contributed by atoms with Crippen LogP contribution in [-0.4, -0.2) is 24.8 Å². The Kier molecular flexibility index (Phi) is 12.5. The highest BCUT2D eigenvalue weighted by Crippen LogP contribution is 2.38. The number of hydroxylamine groups is 1. The topological polar surface area (TPSA) is 60.0 Å². The summed E-state index contributed by atoms with van der Waals surface area (Å²) in [6.07, 6.45) is 0.404. The van der Waals surface area contributed by atoms with Gasteiger partial charge in [0.25, 0.3) is 0 Å². The molecule has 2 N–H and O–H groups in total. The number of hydrogen-bond donors (Lipinski definition) is 2. The fourth-order valence-corrected chi connectivity index (χ4v) is 2.53. The fraction of sp³-hybridized carbons (Fsp3) is 0.600. The van der Waals surface area contributed by atoms with E-state index in [1.165, 1.54) is 0 Å². The molecule has 5 nitrogen and oxygen atoms in total. The molecule has 1 unspecified atom stereocenters. The van der Waals surface area contributed by atoms with Gasteiger partial charge in [-0.2, -0.15) is 5.48 Å². The fourth-order valence-electron chi connectivity index (χ4n) is 1.48. The van der Waals surface area contributed by atoms with Gasteiger partial charge in [0.2, 0.25) is 8.38 Å². The summed E-state index contributed by atoms with van der Waals surface area (Å²) in [7, 11) is -1.00. The molecule has 0 aliphatic carbocycles. The third-order valence-corrected chi connectivity index (χ3v) is 3.87. The van der Waals surface area contributed by atoms with Crippen LogP contribution < -0.4 is 10.2 Å². The highest BCUT2D eigenvalue weighted by molar-refractivity contribution is 7.47. The largest absolute Gasteiger partial charge is 0.484 e. The van der Waals surface area contributed by atoms with Crippen LogP contribution in [0.5, 0.6) is 5.75 Å². The van der Waals surface area contributed by atoms with Gasteiger partial charge in [0, 0.05) is 0 Å². The molecule has 0 radical (unpaired) electrons. The van der Waals surface area contributed by atoms with Crippen molar-refractivity contribution in [1.82, 2.24) is 5.48 Å². The number of hydrogen-bond acceptors (Lipinski definition) is 5. The van der Waals surface area contributed by atoms with Crippen molar-refractivity contribution in [1.29, 1.82) is 0 Å². The highest BCUT2D eigenvalue weighted by atomic mass is 31.2. The Labute approximate surface area is 129 Å². The first-order chi connectivity index (χ1) is 10.2. The van der Waals surface area contributed by atoms with E-state index in [-0.39, 0.29) is 6.04 Å². The molecule has 1 aromatic carbocycles. The minimum absolute atomic E-state index is 0.135. The highest BCUT2D eigenvalue weighted by Gasteiger charge is 2.11. The van der Waals surface area contributed by atoms with Gasteiger partial charge in [0.05, 0.1) is 19.3 Å². The smallest absolute Gasteiger partial charge is 0.211 e. The number of nitrogens with one attached hydrogen (secondary N) is 1. The molecule has 0 heterocycles. The van der Waals surface area contributed by atoms with Gasteiger partial charge < -0.3 is 19.0 Å². The van der Waals surface area contributed by atoms with Gasteiger partial charge in [-0.05, 0) is 38.5 Å². The van der Waals surface area contributed by atoms with E-state index < -0.39 is 8.38 Å². The predicted molar refractivity (Wildman–Crippen MR) is 86.8 cm³/mol. The molecule has 0 aliphatic heterocycles. The summed E-state index contributed by atoms with van der Waals surface area (Å²) < 4.78 is 16.6. The lowest BCUT2D eigenvalue weighted by Crippen LogP contribution is -2.13. The molecule has 0 saturated heterocycles. The van der Waals surface area contributed by atoms with Gasteiger partial charge >= 0.3 is 0 Å². The second-order valence-corrected chi connectivity index (χ2v) is 5.31. The Morgan fingerprint density at radius 2 is 1.81 bits per heavy atom. The Morgan fingerprint density at radius 3 is 2.33 bits per heavy atom. The van der Waals surface area contributed by atoms with Gasteiger partial charge in [-0.25, -0.2) is 0 Å². The summed E-state index contributed by atoms with van der Waals surface area (Å²) in [4.78, 5) is 0. The van der Waals surface area contributed by atoms with Crippen molar-refractivity contribution in [2.75, 3.05) is 19.6 Å². The van der Waals surface area contributed by atoms with E-state index in [2.05, 4.69) is 5.48 Å². The van der Waals surface area contributed by atoms with Crippen molar-refractivity contribution >= 4 is 8.38 Å². The summed E-state index contributed by atoms with van der Waals surface area (Å²) in [5.41, 5.74) is 3.17. The zero-order valence-corrected chi connectivity index (χ0v) is 14.5. The quantitative estimate of drug-likeness (QED) is 0.519. The van der Waals surface area contributed by atoms with Crippen LogP contribution in [0.3, 0.4) is 0 Å². The van der Waals surface area contributed by atoms with Crippen molar-refractivity contribution in [3.05, 3.63) is 29.8 Å². The molecule has 6 heteroatoms. The Balaban J connectivity index is 0.00000191. The monoisotopic (exact) mass is 317 g/mol. The van der Waals surface area contributed by atoms with Crippen LogP contribution in [0.15, 0.2) is 24.3 Å². The predicted octanol–water partition coefficient (Wildman–Crippen LogP) is 4.47.